The molecule has 0 spiro atoms. The second-order valence-corrected chi connectivity index (χ2v) is 6.47. The number of hydrogen-bond donors (Lipinski definition) is 2. The average molecular weight is 237 g/mol. The first-order valence-corrected chi connectivity index (χ1v) is 6.37. The van der Waals surface area contributed by atoms with Crippen molar-refractivity contribution in [3.8, 4) is 0 Å². The molecule has 0 aromatic carbocycles. The van der Waals surface area contributed by atoms with Crippen LogP contribution in [0.5, 0.6) is 0 Å². The number of aliphatic carboxylic acids is 1. The fraction of sp³-hybridized carbons (Fsp3) is 0.846. The van der Waals surface area contributed by atoms with Crippen LogP contribution in [0.1, 0.15) is 38.5 Å². The Balaban J connectivity index is 1.97. The van der Waals surface area contributed by atoms with Crippen molar-refractivity contribution in [1.29, 1.82) is 0 Å². The highest BCUT2D eigenvalue weighted by atomic mass is 16.4. The predicted octanol–water partition coefficient (Wildman–Crippen LogP) is 1.47. The Morgan fingerprint density at radius 3 is 2.29 bits per heavy atom. The largest absolute Gasteiger partial charge is 0.480 e. The minimum atomic E-state index is -0.884. The molecule has 0 aliphatic heterocycles. The lowest BCUT2D eigenvalue weighted by atomic mass is 9.46. The summed E-state index contributed by atoms with van der Waals surface area (Å²) in [5, 5.41) is 19.8. The number of nitrogens with zero attached hydrogens (tertiary/aromatic N) is 1. The topological polar surface area (TPSA) is 69.9 Å². The van der Waals surface area contributed by atoms with E-state index in [0.717, 1.165) is 32.1 Å². The van der Waals surface area contributed by atoms with Gasteiger partial charge in [0.05, 0.1) is 5.60 Å². The summed E-state index contributed by atoms with van der Waals surface area (Å²) in [6.45, 7) is 3.45. The molecule has 0 saturated heterocycles. The molecule has 0 heterocycles. The van der Waals surface area contributed by atoms with Crippen molar-refractivity contribution >= 4 is 12.7 Å². The van der Waals surface area contributed by atoms with Crippen LogP contribution < -0.4 is 0 Å². The summed E-state index contributed by atoms with van der Waals surface area (Å²) < 4.78 is 0. The van der Waals surface area contributed by atoms with Crippen LogP contribution in [0.15, 0.2) is 4.99 Å². The number of carbonyl (C=O) groups is 1. The van der Waals surface area contributed by atoms with Gasteiger partial charge < -0.3 is 10.2 Å². The van der Waals surface area contributed by atoms with Crippen LogP contribution in [0.4, 0.5) is 0 Å². The second-order valence-electron chi connectivity index (χ2n) is 6.47. The fourth-order valence-corrected chi connectivity index (χ4v) is 5.14. The standard InChI is InChI=1S/C13H19NO3/c1-14-10(11(15)16)12-3-8-2-9(4-12)6-13(17,5-8)7-12/h8-10,17H,1-7H2,(H,15,16)/t8?,9?,10-,12?,13?/m1/s1. The third kappa shape index (κ3) is 1.53. The van der Waals surface area contributed by atoms with Gasteiger partial charge >= 0.3 is 5.97 Å². The quantitative estimate of drug-likeness (QED) is 0.730. The van der Waals surface area contributed by atoms with Crippen LogP contribution in [-0.4, -0.2) is 34.5 Å². The Morgan fingerprint density at radius 2 is 1.88 bits per heavy atom. The van der Waals surface area contributed by atoms with E-state index in [1.165, 1.54) is 0 Å². The Kier molecular flexibility index (Phi) is 2.18. The summed E-state index contributed by atoms with van der Waals surface area (Å²) in [4.78, 5) is 15.2. The van der Waals surface area contributed by atoms with Gasteiger partial charge in [-0.15, -0.1) is 0 Å². The van der Waals surface area contributed by atoms with Crippen molar-refractivity contribution in [2.75, 3.05) is 0 Å². The van der Waals surface area contributed by atoms with E-state index in [-0.39, 0.29) is 5.41 Å². The van der Waals surface area contributed by atoms with Gasteiger partial charge in [-0.25, -0.2) is 4.79 Å². The number of rotatable bonds is 3. The molecule has 2 N–H and O–H groups in total. The molecule has 2 unspecified atom stereocenters. The van der Waals surface area contributed by atoms with E-state index in [9.17, 15) is 15.0 Å². The highest BCUT2D eigenvalue weighted by molar-refractivity contribution is 5.76. The van der Waals surface area contributed by atoms with E-state index < -0.39 is 17.6 Å². The zero-order chi connectivity index (χ0) is 12.3. The van der Waals surface area contributed by atoms with Gasteiger partial charge in [0.1, 0.15) is 0 Å². The maximum Gasteiger partial charge on any atom is 0.328 e. The van der Waals surface area contributed by atoms with Crippen molar-refractivity contribution in [3.05, 3.63) is 0 Å². The number of carboxylic acid groups (broad SMARTS) is 1. The van der Waals surface area contributed by atoms with Crippen LogP contribution in [0.3, 0.4) is 0 Å². The molecule has 94 valence electrons. The highest BCUT2D eigenvalue weighted by Crippen LogP contribution is 2.63. The Labute approximate surface area is 101 Å². The number of hydrogen-bond acceptors (Lipinski definition) is 3. The van der Waals surface area contributed by atoms with Crippen molar-refractivity contribution in [2.24, 2.45) is 22.2 Å². The summed E-state index contributed by atoms with van der Waals surface area (Å²) in [5.74, 6) is 0.0975. The van der Waals surface area contributed by atoms with E-state index in [2.05, 4.69) is 11.7 Å². The van der Waals surface area contributed by atoms with Gasteiger partial charge in [-0.3, -0.25) is 4.99 Å². The molecule has 4 saturated carbocycles. The summed E-state index contributed by atoms with van der Waals surface area (Å²) in [6.07, 6.45) is 5.28. The molecular formula is C13H19NO3. The number of aliphatic hydroxyl groups is 1. The van der Waals surface area contributed by atoms with Gasteiger partial charge in [0, 0.05) is 5.41 Å². The summed E-state index contributed by atoms with van der Waals surface area (Å²) in [5.41, 5.74) is -0.950. The molecule has 4 nitrogen and oxygen atoms in total. The first-order valence-electron chi connectivity index (χ1n) is 6.37. The third-order valence-electron chi connectivity index (χ3n) is 5.07. The average Bonchev–Trinajstić information content (AvgIpc) is 2.12. The zero-order valence-corrected chi connectivity index (χ0v) is 9.93. The van der Waals surface area contributed by atoms with Crippen molar-refractivity contribution in [1.82, 2.24) is 0 Å². The molecule has 0 aromatic rings. The molecule has 4 aliphatic carbocycles. The van der Waals surface area contributed by atoms with E-state index in [1.54, 1.807) is 0 Å². The molecule has 17 heavy (non-hydrogen) atoms. The molecular weight excluding hydrogens is 218 g/mol. The monoisotopic (exact) mass is 237 g/mol. The van der Waals surface area contributed by atoms with E-state index >= 15 is 0 Å². The number of aliphatic imine (C=N–C) groups is 1. The SMILES string of the molecule is C=N[C@H](C(=O)O)C12CC3CC(CC(O)(C3)C1)C2. The molecule has 4 rings (SSSR count). The van der Waals surface area contributed by atoms with E-state index in [0.29, 0.717) is 18.3 Å². The molecule has 4 aliphatic rings. The van der Waals surface area contributed by atoms with Crippen LogP contribution >= 0.6 is 0 Å². The first-order chi connectivity index (χ1) is 7.96. The molecule has 0 aromatic heterocycles. The minimum Gasteiger partial charge on any atom is -0.480 e. The van der Waals surface area contributed by atoms with Crippen LogP contribution in [0, 0.1) is 17.3 Å². The van der Waals surface area contributed by atoms with Gasteiger partial charge in [0.2, 0.25) is 0 Å². The molecule has 4 heteroatoms. The zero-order valence-electron chi connectivity index (χ0n) is 9.93. The summed E-state index contributed by atoms with van der Waals surface area (Å²) in [6, 6.07) is -0.736. The molecule has 0 radical (unpaired) electrons. The maximum absolute atomic E-state index is 11.3. The molecule has 4 bridgehead atoms. The Morgan fingerprint density at radius 1 is 1.29 bits per heavy atom. The van der Waals surface area contributed by atoms with Crippen LogP contribution in [-0.2, 0) is 4.79 Å². The Hall–Kier alpha value is -0.900. The predicted molar refractivity (Wildman–Crippen MR) is 63.0 cm³/mol. The highest BCUT2D eigenvalue weighted by Gasteiger charge is 2.61. The molecule has 0 amide bonds. The molecule has 3 atom stereocenters. The second kappa shape index (κ2) is 3.31. The lowest BCUT2D eigenvalue weighted by Crippen LogP contribution is -2.60. The number of carboxylic acids is 1. The van der Waals surface area contributed by atoms with Gasteiger partial charge in [-0.2, -0.15) is 0 Å². The third-order valence-corrected chi connectivity index (χ3v) is 5.07. The van der Waals surface area contributed by atoms with Gasteiger partial charge in [0.25, 0.3) is 0 Å². The smallest absolute Gasteiger partial charge is 0.328 e. The van der Waals surface area contributed by atoms with E-state index in [1.807, 2.05) is 0 Å². The van der Waals surface area contributed by atoms with E-state index in [4.69, 9.17) is 0 Å². The van der Waals surface area contributed by atoms with Crippen molar-refractivity contribution < 1.29 is 15.0 Å². The van der Waals surface area contributed by atoms with Crippen molar-refractivity contribution in [2.45, 2.75) is 50.2 Å². The van der Waals surface area contributed by atoms with Gasteiger partial charge in [-0.1, -0.05) is 0 Å². The summed E-state index contributed by atoms with van der Waals surface area (Å²) in [7, 11) is 0. The maximum atomic E-state index is 11.3. The minimum absolute atomic E-state index is 0.327. The lowest BCUT2D eigenvalue weighted by molar-refractivity contribution is -0.179. The Bertz CT molecular complexity index is 365. The normalized spacial score (nSPS) is 49.0. The van der Waals surface area contributed by atoms with Crippen LogP contribution in [0.25, 0.3) is 0 Å². The van der Waals surface area contributed by atoms with Gasteiger partial charge in [0.15, 0.2) is 6.04 Å². The van der Waals surface area contributed by atoms with Crippen LogP contribution in [0.2, 0.25) is 0 Å². The van der Waals surface area contributed by atoms with Crippen molar-refractivity contribution in [3.63, 3.8) is 0 Å². The summed E-state index contributed by atoms with van der Waals surface area (Å²) >= 11 is 0. The first kappa shape index (κ1) is 11.2. The fourth-order valence-electron chi connectivity index (χ4n) is 5.14. The lowest BCUT2D eigenvalue weighted by Gasteiger charge is -2.61. The van der Waals surface area contributed by atoms with Gasteiger partial charge in [-0.05, 0) is 57.1 Å². The molecule has 4 fully saturated rings.